The van der Waals surface area contributed by atoms with Crippen LogP contribution in [0.25, 0.3) is 16.5 Å². The fourth-order valence-electron chi connectivity index (χ4n) is 2.37. The zero-order valence-electron chi connectivity index (χ0n) is 12.0. The molecule has 2 aromatic carbocycles. The zero-order valence-corrected chi connectivity index (χ0v) is 13.5. The van der Waals surface area contributed by atoms with Crippen molar-refractivity contribution in [2.24, 2.45) is 0 Å². The average Bonchev–Trinajstić information content (AvgIpc) is 2.58. The lowest BCUT2D eigenvalue weighted by Gasteiger charge is -2.12. The summed E-state index contributed by atoms with van der Waals surface area (Å²) in [6.45, 7) is 0. The molecule has 0 aliphatic rings. The largest absolute Gasteiger partial charge is 0.497 e. The van der Waals surface area contributed by atoms with Crippen LogP contribution in [0.3, 0.4) is 0 Å². The van der Waals surface area contributed by atoms with Crippen LogP contribution in [-0.4, -0.2) is 17.2 Å². The van der Waals surface area contributed by atoms with Crippen LogP contribution >= 0.6 is 15.9 Å². The molecule has 0 unspecified atom stereocenters. The summed E-state index contributed by atoms with van der Waals surface area (Å²) in [6, 6.07) is 14.7. The van der Waals surface area contributed by atoms with Crippen LogP contribution in [0.5, 0.6) is 11.5 Å². The summed E-state index contributed by atoms with van der Waals surface area (Å²) in [7, 11) is 1.61. The van der Waals surface area contributed by atoms with Gasteiger partial charge in [0.15, 0.2) is 0 Å². The minimum Gasteiger partial charge on any atom is -0.497 e. The maximum atomic E-state index is 12.7. The Morgan fingerprint density at radius 2 is 1.73 bits per heavy atom. The molecule has 1 heterocycles. The van der Waals surface area contributed by atoms with E-state index in [1.165, 1.54) is 0 Å². The van der Waals surface area contributed by atoms with E-state index in [0.717, 1.165) is 16.8 Å². The van der Waals surface area contributed by atoms with Gasteiger partial charge in [0.05, 0.1) is 18.7 Å². The number of nitrogens with zero attached hydrogens (tertiary/aromatic N) is 1. The molecule has 0 radical (unpaired) electrons. The first-order valence-electron chi connectivity index (χ1n) is 6.72. The van der Waals surface area contributed by atoms with Crippen molar-refractivity contribution in [2.45, 2.75) is 0 Å². The summed E-state index contributed by atoms with van der Waals surface area (Å²) >= 11 is 3.26. The highest BCUT2D eigenvalue weighted by Gasteiger charge is 2.10. The summed E-state index contributed by atoms with van der Waals surface area (Å²) in [6.07, 6.45) is 1.72. The van der Waals surface area contributed by atoms with Gasteiger partial charge in [0.25, 0.3) is 5.56 Å². The molecule has 0 saturated heterocycles. The van der Waals surface area contributed by atoms with E-state index in [0.29, 0.717) is 16.7 Å². The Balaban J connectivity index is 2.24. The van der Waals surface area contributed by atoms with Crippen molar-refractivity contribution in [1.29, 1.82) is 0 Å². The number of hydrogen-bond acceptors (Lipinski definition) is 3. The quantitative estimate of drug-likeness (QED) is 0.666. The lowest BCUT2D eigenvalue weighted by molar-refractivity contribution is 0.399. The standard InChI is InChI=1S/C17H14BrNO3/c1-21-13-8-6-12(7-9-13)19-10-16(22-11-18)14-4-2-3-5-15(14)17(19)20/h2-10H,11H2,1H3. The smallest absolute Gasteiger partial charge is 0.263 e. The number of alkyl halides is 1. The van der Waals surface area contributed by atoms with Crippen LogP contribution in [-0.2, 0) is 0 Å². The van der Waals surface area contributed by atoms with Gasteiger partial charge in [-0.2, -0.15) is 0 Å². The minimum absolute atomic E-state index is 0.0808. The molecule has 1 aromatic heterocycles. The van der Waals surface area contributed by atoms with E-state index in [4.69, 9.17) is 9.47 Å². The number of rotatable bonds is 4. The Bertz CT molecular complexity index is 856. The highest BCUT2D eigenvalue weighted by atomic mass is 79.9. The van der Waals surface area contributed by atoms with E-state index in [2.05, 4.69) is 15.9 Å². The van der Waals surface area contributed by atoms with E-state index < -0.39 is 0 Å². The third kappa shape index (κ3) is 2.60. The molecule has 0 bridgehead atoms. The summed E-state index contributed by atoms with van der Waals surface area (Å²) in [5, 5.41) is 1.42. The molecule has 0 N–H and O–H groups in total. The molecule has 4 nitrogen and oxygen atoms in total. The maximum Gasteiger partial charge on any atom is 0.263 e. The van der Waals surface area contributed by atoms with Gasteiger partial charge in [-0.1, -0.05) is 18.2 Å². The van der Waals surface area contributed by atoms with Crippen molar-refractivity contribution in [3.8, 4) is 17.2 Å². The predicted octanol–water partition coefficient (Wildman–Crippen LogP) is 3.73. The first kappa shape index (κ1) is 14.7. The average molecular weight is 360 g/mol. The molecule has 0 fully saturated rings. The summed E-state index contributed by atoms with van der Waals surface area (Å²) in [4.78, 5) is 12.7. The lowest BCUT2D eigenvalue weighted by Crippen LogP contribution is -2.18. The van der Waals surface area contributed by atoms with Crippen molar-refractivity contribution < 1.29 is 9.47 Å². The highest BCUT2D eigenvalue weighted by Crippen LogP contribution is 2.25. The number of methoxy groups -OCH3 is 1. The zero-order chi connectivity index (χ0) is 15.5. The second-order valence-corrected chi connectivity index (χ2v) is 5.12. The molecule has 3 aromatic rings. The van der Waals surface area contributed by atoms with Crippen LogP contribution in [0.4, 0.5) is 0 Å². The number of aromatic nitrogens is 1. The van der Waals surface area contributed by atoms with Gasteiger partial charge in [0, 0.05) is 11.1 Å². The predicted molar refractivity (Wildman–Crippen MR) is 90.5 cm³/mol. The Hall–Kier alpha value is -2.27. The van der Waals surface area contributed by atoms with Crippen LogP contribution in [0.15, 0.2) is 59.5 Å². The van der Waals surface area contributed by atoms with Gasteiger partial charge >= 0.3 is 0 Å². The Kier molecular flexibility index (Phi) is 4.15. The van der Waals surface area contributed by atoms with Crippen molar-refractivity contribution in [3.63, 3.8) is 0 Å². The molecule has 3 rings (SSSR count). The Labute approximate surface area is 136 Å². The Morgan fingerprint density at radius 3 is 2.36 bits per heavy atom. The van der Waals surface area contributed by atoms with Gasteiger partial charge in [-0.05, 0) is 46.3 Å². The molecular formula is C17H14BrNO3. The summed E-state index contributed by atoms with van der Waals surface area (Å²) in [5.41, 5.74) is 1.04. The van der Waals surface area contributed by atoms with Gasteiger partial charge in [-0.15, -0.1) is 0 Å². The number of hydrogen-bond donors (Lipinski definition) is 0. The van der Waals surface area contributed by atoms with Crippen molar-refractivity contribution in [2.75, 3.05) is 12.6 Å². The Morgan fingerprint density at radius 1 is 1.05 bits per heavy atom. The monoisotopic (exact) mass is 359 g/mol. The molecule has 0 spiro atoms. The van der Waals surface area contributed by atoms with Gasteiger partial charge in [0.2, 0.25) is 0 Å². The second-order valence-electron chi connectivity index (χ2n) is 4.67. The van der Waals surface area contributed by atoms with Gasteiger partial charge in [-0.3, -0.25) is 9.36 Å². The van der Waals surface area contributed by atoms with E-state index in [-0.39, 0.29) is 5.56 Å². The highest BCUT2D eigenvalue weighted by molar-refractivity contribution is 9.09. The molecule has 0 aliphatic carbocycles. The van der Waals surface area contributed by atoms with Gasteiger partial charge in [0.1, 0.15) is 17.0 Å². The lowest BCUT2D eigenvalue weighted by atomic mass is 10.1. The van der Waals surface area contributed by atoms with E-state index in [1.54, 1.807) is 23.9 Å². The SMILES string of the molecule is COc1ccc(-n2cc(OCBr)c3ccccc3c2=O)cc1. The molecule has 5 heteroatoms. The maximum absolute atomic E-state index is 12.7. The number of ether oxygens (including phenoxy) is 2. The molecule has 0 saturated carbocycles. The summed E-state index contributed by atoms with van der Waals surface area (Å²) < 4.78 is 12.3. The first-order chi connectivity index (χ1) is 10.7. The van der Waals surface area contributed by atoms with E-state index in [9.17, 15) is 4.79 Å². The molecule has 0 amide bonds. The normalized spacial score (nSPS) is 10.6. The fourth-order valence-corrected chi connectivity index (χ4v) is 2.61. The molecule has 0 atom stereocenters. The number of benzene rings is 2. The molecule has 112 valence electrons. The van der Waals surface area contributed by atoms with Crippen molar-refractivity contribution in [3.05, 3.63) is 65.1 Å². The summed E-state index contributed by atoms with van der Waals surface area (Å²) in [5.74, 6) is 1.40. The van der Waals surface area contributed by atoms with Crippen molar-refractivity contribution in [1.82, 2.24) is 4.57 Å². The van der Waals surface area contributed by atoms with Crippen LogP contribution in [0, 0.1) is 0 Å². The first-order valence-corrected chi connectivity index (χ1v) is 7.84. The third-order valence-electron chi connectivity index (χ3n) is 3.45. The van der Waals surface area contributed by atoms with Gasteiger partial charge in [-0.25, -0.2) is 0 Å². The van der Waals surface area contributed by atoms with Crippen LogP contribution < -0.4 is 15.0 Å². The molecule has 0 aliphatic heterocycles. The molecule has 22 heavy (non-hydrogen) atoms. The fraction of sp³-hybridized carbons (Fsp3) is 0.118. The van der Waals surface area contributed by atoms with E-state index >= 15 is 0 Å². The second kappa shape index (κ2) is 6.23. The van der Waals surface area contributed by atoms with Crippen LogP contribution in [0.2, 0.25) is 0 Å². The number of fused-ring (bicyclic) bond motifs is 1. The van der Waals surface area contributed by atoms with Gasteiger partial charge < -0.3 is 9.47 Å². The van der Waals surface area contributed by atoms with Crippen molar-refractivity contribution >= 4 is 26.7 Å². The third-order valence-corrected chi connectivity index (χ3v) is 3.68. The number of pyridine rings is 1. The minimum atomic E-state index is -0.0808. The number of halogens is 1. The molecular weight excluding hydrogens is 346 g/mol. The topological polar surface area (TPSA) is 40.5 Å². The van der Waals surface area contributed by atoms with Crippen LogP contribution in [0.1, 0.15) is 0 Å². The van der Waals surface area contributed by atoms with E-state index in [1.807, 2.05) is 42.5 Å².